The average molecular weight is 278 g/mol. The molecule has 3 rings (SSSR count). The Bertz CT molecular complexity index is 734. The Kier molecular flexibility index (Phi) is 2.73. The lowest BCUT2D eigenvalue weighted by atomic mass is 10.2. The zero-order chi connectivity index (χ0) is 12.7. The van der Waals surface area contributed by atoms with Gasteiger partial charge in [-0.05, 0) is 42.8 Å². The van der Waals surface area contributed by atoms with Gasteiger partial charge in [-0.2, -0.15) is 0 Å². The minimum Gasteiger partial charge on any atom is -0.211 e. The van der Waals surface area contributed by atoms with Gasteiger partial charge in [0, 0.05) is 5.02 Å². The molecule has 2 aromatic carbocycles. The van der Waals surface area contributed by atoms with E-state index in [1.165, 1.54) is 0 Å². The molecule has 1 heterocycles. The third kappa shape index (κ3) is 1.85. The Balaban J connectivity index is 2.31. The van der Waals surface area contributed by atoms with E-state index < -0.39 is 0 Å². The largest absolute Gasteiger partial charge is 0.211 e. The van der Waals surface area contributed by atoms with Crippen molar-refractivity contribution in [3.8, 4) is 5.69 Å². The molecule has 0 unspecified atom stereocenters. The quantitative estimate of drug-likeness (QED) is 0.672. The summed E-state index contributed by atoms with van der Waals surface area (Å²) in [5.74, 6) is 0. The number of aromatic nitrogens is 3. The van der Waals surface area contributed by atoms with Gasteiger partial charge in [0.15, 0.2) is 0 Å². The summed E-state index contributed by atoms with van der Waals surface area (Å²) in [6.07, 6.45) is 0. The van der Waals surface area contributed by atoms with Crippen LogP contribution in [-0.2, 0) is 0 Å². The van der Waals surface area contributed by atoms with Crippen LogP contribution in [-0.4, -0.2) is 15.0 Å². The highest BCUT2D eigenvalue weighted by molar-refractivity contribution is 6.34. The van der Waals surface area contributed by atoms with E-state index in [9.17, 15) is 0 Å². The normalized spacial score (nSPS) is 11.1. The molecule has 0 atom stereocenters. The van der Waals surface area contributed by atoms with Crippen molar-refractivity contribution in [3.63, 3.8) is 0 Å². The Morgan fingerprint density at radius 2 is 1.89 bits per heavy atom. The van der Waals surface area contributed by atoms with Gasteiger partial charge in [-0.25, -0.2) is 4.68 Å². The van der Waals surface area contributed by atoms with E-state index in [2.05, 4.69) is 10.3 Å². The van der Waals surface area contributed by atoms with Crippen LogP contribution in [0.2, 0.25) is 10.0 Å². The fraction of sp³-hybridized carbons (Fsp3) is 0.0769. The number of fused-ring (bicyclic) bond motifs is 1. The first-order chi connectivity index (χ1) is 8.65. The van der Waals surface area contributed by atoms with E-state index in [-0.39, 0.29) is 0 Å². The van der Waals surface area contributed by atoms with E-state index >= 15 is 0 Å². The summed E-state index contributed by atoms with van der Waals surface area (Å²) in [6.45, 7) is 2.02. The summed E-state index contributed by atoms with van der Waals surface area (Å²) in [6, 6.07) is 11.2. The monoisotopic (exact) mass is 277 g/mol. The van der Waals surface area contributed by atoms with Crippen molar-refractivity contribution in [2.24, 2.45) is 0 Å². The van der Waals surface area contributed by atoms with Crippen LogP contribution in [0.5, 0.6) is 0 Å². The van der Waals surface area contributed by atoms with E-state index in [4.69, 9.17) is 23.2 Å². The van der Waals surface area contributed by atoms with Crippen LogP contribution in [0.4, 0.5) is 0 Å². The van der Waals surface area contributed by atoms with Gasteiger partial charge in [0.1, 0.15) is 5.52 Å². The van der Waals surface area contributed by atoms with Crippen molar-refractivity contribution in [3.05, 3.63) is 52.0 Å². The molecular weight excluding hydrogens is 269 g/mol. The number of rotatable bonds is 1. The SMILES string of the molecule is Cc1ccc2nnn(-c3cc(Cl)ccc3Cl)c2c1. The average Bonchev–Trinajstić information content (AvgIpc) is 2.75. The van der Waals surface area contributed by atoms with E-state index in [1.54, 1.807) is 22.9 Å². The molecule has 18 heavy (non-hydrogen) atoms. The van der Waals surface area contributed by atoms with E-state index in [1.807, 2.05) is 25.1 Å². The summed E-state index contributed by atoms with van der Waals surface area (Å²) in [7, 11) is 0. The van der Waals surface area contributed by atoms with Gasteiger partial charge < -0.3 is 0 Å². The fourth-order valence-corrected chi connectivity index (χ4v) is 2.22. The summed E-state index contributed by atoms with van der Waals surface area (Å²) in [5.41, 5.74) is 3.62. The lowest BCUT2D eigenvalue weighted by Crippen LogP contribution is -1.97. The van der Waals surface area contributed by atoms with Gasteiger partial charge in [0.05, 0.1) is 16.2 Å². The Morgan fingerprint density at radius 1 is 1.06 bits per heavy atom. The van der Waals surface area contributed by atoms with Crippen LogP contribution in [0, 0.1) is 6.92 Å². The Morgan fingerprint density at radius 3 is 2.72 bits per heavy atom. The molecule has 0 amide bonds. The van der Waals surface area contributed by atoms with Crippen LogP contribution in [0.1, 0.15) is 5.56 Å². The predicted octanol–water partition coefficient (Wildman–Crippen LogP) is 4.04. The van der Waals surface area contributed by atoms with Gasteiger partial charge >= 0.3 is 0 Å². The summed E-state index contributed by atoms with van der Waals surface area (Å²) < 4.78 is 1.70. The topological polar surface area (TPSA) is 30.7 Å². The van der Waals surface area contributed by atoms with Gasteiger partial charge in [0.2, 0.25) is 0 Å². The molecular formula is C13H9Cl2N3. The first-order valence-electron chi connectivity index (χ1n) is 5.42. The van der Waals surface area contributed by atoms with Gasteiger partial charge in [0.25, 0.3) is 0 Å². The Labute approximate surface area is 114 Å². The van der Waals surface area contributed by atoms with Crippen LogP contribution < -0.4 is 0 Å². The molecule has 0 aliphatic rings. The standard InChI is InChI=1S/C13H9Cl2N3/c1-8-2-5-11-13(6-8)18(17-16-11)12-7-9(14)3-4-10(12)15/h2-7H,1H3. The fourth-order valence-electron chi connectivity index (χ4n) is 1.85. The van der Waals surface area contributed by atoms with E-state index in [0.717, 1.165) is 22.3 Å². The number of aryl methyl sites for hydroxylation is 1. The molecule has 0 saturated heterocycles. The maximum absolute atomic E-state index is 6.18. The molecule has 3 aromatic rings. The zero-order valence-electron chi connectivity index (χ0n) is 9.56. The second-order valence-corrected chi connectivity index (χ2v) is 4.93. The van der Waals surface area contributed by atoms with Crippen molar-refractivity contribution in [2.75, 3.05) is 0 Å². The lowest BCUT2D eigenvalue weighted by Gasteiger charge is -2.05. The second-order valence-electron chi connectivity index (χ2n) is 4.09. The van der Waals surface area contributed by atoms with Crippen molar-refractivity contribution in [1.82, 2.24) is 15.0 Å². The number of hydrogen-bond acceptors (Lipinski definition) is 2. The number of hydrogen-bond donors (Lipinski definition) is 0. The van der Waals surface area contributed by atoms with Crippen LogP contribution >= 0.6 is 23.2 Å². The lowest BCUT2D eigenvalue weighted by molar-refractivity contribution is 0.824. The smallest absolute Gasteiger partial charge is 0.113 e. The van der Waals surface area contributed by atoms with Crippen molar-refractivity contribution >= 4 is 34.2 Å². The van der Waals surface area contributed by atoms with E-state index in [0.29, 0.717) is 10.0 Å². The summed E-state index contributed by atoms with van der Waals surface area (Å²) in [5, 5.41) is 9.46. The molecule has 0 bridgehead atoms. The van der Waals surface area contributed by atoms with Crippen molar-refractivity contribution in [1.29, 1.82) is 0 Å². The van der Waals surface area contributed by atoms with Gasteiger partial charge in [-0.15, -0.1) is 5.10 Å². The summed E-state index contributed by atoms with van der Waals surface area (Å²) >= 11 is 12.2. The molecule has 0 aliphatic heterocycles. The second kappa shape index (κ2) is 4.26. The van der Waals surface area contributed by atoms with Crippen LogP contribution in [0.3, 0.4) is 0 Å². The maximum Gasteiger partial charge on any atom is 0.113 e. The first kappa shape index (κ1) is 11.5. The van der Waals surface area contributed by atoms with Crippen LogP contribution in [0.15, 0.2) is 36.4 Å². The first-order valence-corrected chi connectivity index (χ1v) is 6.18. The molecule has 1 aromatic heterocycles. The number of benzene rings is 2. The highest BCUT2D eigenvalue weighted by atomic mass is 35.5. The maximum atomic E-state index is 6.18. The predicted molar refractivity (Wildman–Crippen MR) is 73.6 cm³/mol. The molecule has 0 N–H and O–H groups in total. The third-order valence-corrected chi connectivity index (χ3v) is 3.29. The molecule has 90 valence electrons. The minimum atomic E-state index is 0.590. The Hall–Kier alpha value is -1.58. The number of halogens is 2. The van der Waals surface area contributed by atoms with Crippen LogP contribution in [0.25, 0.3) is 16.7 Å². The third-order valence-electron chi connectivity index (χ3n) is 2.74. The summed E-state index contributed by atoms with van der Waals surface area (Å²) in [4.78, 5) is 0. The molecule has 5 heteroatoms. The highest BCUT2D eigenvalue weighted by Gasteiger charge is 2.10. The number of nitrogens with zero attached hydrogens (tertiary/aromatic N) is 3. The van der Waals surface area contributed by atoms with Gasteiger partial charge in [-0.3, -0.25) is 0 Å². The molecule has 3 nitrogen and oxygen atoms in total. The molecule has 0 aliphatic carbocycles. The molecule has 0 saturated carbocycles. The van der Waals surface area contributed by atoms with Crippen molar-refractivity contribution in [2.45, 2.75) is 6.92 Å². The molecule has 0 fully saturated rings. The van der Waals surface area contributed by atoms with Gasteiger partial charge in [-0.1, -0.05) is 34.5 Å². The van der Waals surface area contributed by atoms with Crippen molar-refractivity contribution < 1.29 is 0 Å². The minimum absolute atomic E-state index is 0.590. The molecule has 0 radical (unpaired) electrons. The molecule has 0 spiro atoms. The zero-order valence-corrected chi connectivity index (χ0v) is 11.1. The highest BCUT2D eigenvalue weighted by Crippen LogP contribution is 2.26.